The molecule has 2 rings (SSSR count). The van der Waals surface area contributed by atoms with Crippen molar-refractivity contribution in [2.45, 2.75) is 32.7 Å². The van der Waals surface area contributed by atoms with E-state index < -0.39 is 4.92 Å². The van der Waals surface area contributed by atoms with Crippen LogP contribution in [0.3, 0.4) is 0 Å². The Bertz CT molecular complexity index is 375. The van der Waals surface area contributed by atoms with Crippen molar-refractivity contribution in [3.63, 3.8) is 0 Å². The molecule has 0 aliphatic carbocycles. The zero-order valence-corrected chi connectivity index (χ0v) is 10.7. The predicted molar refractivity (Wildman–Crippen MR) is 64.3 cm³/mol. The van der Waals surface area contributed by atoms with Crippen molar-refractivity contribution in [3.05, 3.63) is 21.5 Å². The highest BCUT2D eigenvalue weighted by Gasteiger charge is 2.24. The molecule has 0 aromatic carbocycles. The molecule has 0 amide bonds. The Balaban J connectivity index is 0.000000686. The van der Waals surface area contributed by atoms with Crippen LogP contribution in [-0.2, 0) is 4.74 Å². The lowest BCUT2D eigenvalue weighted by molar-refractivity contribution is -0.384. The van der Waals surface area contributed by atoms with Crippen LogP contribution in [0.1, 0.15) is 32.7 Å². The minimum absolute atomic E-state index is 0.104. The third-order valence-electron chi connectivity index (χ3n) is 2.45. The van der Waals surface area contributed by atoms with Crippen LogP contribution in [0.2, 0.25) is 5.15 Å². The molecular weight excluding hydrogens is 246 g/mol. The number of rotatable bonds is 2. The lowest BCUT2D eigenvalue weighted by atomic mass is 10.1. The Hall–Kier alpha value is -1.14. The van der Waals surface area contributed by atoms with E-state index in [0.717, 1.165) is 12.8 Å². The third-order valence-corrected chi connectivity index (χ3v) is 2.82. The molecule has 0 atom stereocenters. The molecule has 0 radical (unpaired) electrons. The maximum absolute atomic E-state index is 10.6. The quantitative estimate of drug-likeness (QED) is 0.606. The summed E-state index contributed by atoms with van der Waals surface area (Å²) in [6.07, 6.45) is 2.77. The first kappa shape index (κ1) is 13.9. The molecule has 0 N–H and O–H groups in total. The van der Waals surface area contributed by atoms with Crippen LogP contribution in [0, 0.1) is 10.1 Å². The van der Waals surface area contributed by atoms with E-state index in [1.54, 1.807) is 0 Å². The molecule has 0 bridgehead atoms. The van der Waals surface area contributed by atoms with Crippen LogP contribution < -0.4 is 0 Å². The van der Waals surface area contributed by atoms with Crippen LogP contribution in [-0.4, -0.2) is 27.9 Å². The average Bonchev–Trinajstić information content (AvgIpc) is 2.75. The maximum Gasteiger partial charge on any atom is 0.325 e. The van der Waals surface area contributed by atoms with Crippen molar-refractivity contribution in [2.24, 2.45) is 0 Å². The van der Waals surface area contributed by atoms with Crippen LogP contribution >= 0.6 is 11.6 Å². The second-order valence-electron chi connectivity index (χ2n) is 3.37. The highest BCUT2D eigenvalue weighted by Crippen LogP contribution is 2.30. The van der Waals surface area contributed by atoms with Gasteiger partial charge in [-0.1, -0.05) is 25.4 Å². The van der Waals surface area contributed by atoms with Crippen molar-refractivity contribution >= 4 is 17.3 Å². The fourth-order valence-corrected chi connectivity index (χ4v) is 1.94. The van der Waals surface area contributed by atoms with E-state index in [-0.39, 0.29) is 16.9 Å². The van der Waals surface area contributed by atoms with Gasteiger partial charge in [-0.25, -0.2) is 4.68 Å². The Morgan fingerprint density at radius 1 is 1.53 bits per heavy atom. The van der Waals surface area contributed by atoms with Gasteiger partial charge in [-0.3, -0.25) is 10.1 Å². The predicted octanol–water partition coefficient (Wildman–Crippen LogP) is 2.82. The number of aromatic nitrogens is 2. The normalized spacial score (nSPS) is 16.2. The molecule has 1 fully saturated rings. The molecule has 1 aliphatic heterocycles. The third kappa shape index (κ3) is 3.17. The molecule has 1 aromatic heterocycles. The highest BCUT2D eigenvalue weighted by atomic mass is 35.5. The van der Waals surface area contributed by atoms with E-state index in [0.29, 0.717) is 13.2 Å². The van der Waals surface area contributed by atoms with Gasteiger partial charge in [-0.2, -0.15) is 5.10 Å². The molecule has 1 aliphatic rings. The summed E-state index contributed by atoms with van der Waals surface area (Å²) < 4.78 is 6.71. The summed E-state index contributed by atoms with van der Waals surface area (Å²) in [6.45, 7) is 5.29. The van der Waals surface area contributed by atoms with Gasteiger partial charge in [0.2, 0.25) is 5.15 Å². The van der Waals surface area contributed by atoms with E-state index in [4.69, 9.17) is 16.3 Å². The lowest BCUT2D eigenvalue weighted by Gasteiger charge is -2.22. The van der Waals surface area contributed by atoms with Crippen molar-refractivity contribution < 1.29 is 9.66 Å². The fourth-order valence-electron chi connectivity index (χ4n) is 1.64. The molecular formula is C10H16ClN3O3. The van der Waals surface area contributed by atoms with E-state index in [2.05, 4.69) is 5.10 Å². The van der Waals surface area contributed by atoms with Gasteiger partial charge in [-0.15, -0.1) is 0 Å². The van der Waals surface area contributed by atoms with Gasteiger partial charge in [0.15, 0.2) is 0 Å². The number of hydrogen-bond acceptors (Lipinski definition) is 4. The summed E-state index contributed by atoms with van der Waals surface area (Å²) in [5.74, 6) is 0. The van der Waals surface area contributed by atoms with Crippen LogP contribution in [0.4, 0.5) is 5.69 Å². The molecule has 17 heavy (non-hydrogen) atoms. The molecule has 0 saturated carbocycles. The van der Waals surface area contributed by atoms with Gasteiger partial charge >= 0.3 is 5.69 Å². The second kappa shape index (κ2) is 6.56. The molecule has 2 heterocycles. The second-order valence-corrected chi connectivity index (χ2v) is 3.72. The molecule has 1 saturated heterocycles. The summed E-state index contributed by atoms with van der Waals surface area (Å²) in [5.41, 5.74) is -0.136. The van der Waals surface area contributed by atoms with Gasteiger partial charge < -0.3 is 4.74 Å². The van der Waals surface area contributed by atoms with Crippen LogP contribution in [0.5, 0.6) is 0 Å². The van der Waals surface area contributed by atoms with E-state index in [1.165, 1.54) is 10.9 Å². The summed E-state index contributed by atoms with van der Waals surface area (Å²) in [5, 5.41) is 14.6. The van der Waals surface area contributed by atoms with E-state index >= 15 is 0 Å². The van der Waals surface area contributed by atoms with Crippen molar-refractivity contribution in [2.75, 3.05) is 13.2 Å². The SMILES string of the molecule is CC.O=[N+]([O-])c1cnn(C2CCOCC2)c1Cl. The Morgan fingerprint density at radius 3 is 2.59 bits per heavy atom. The van der Waals surface area contributed by atoms with Crippen LogP contribution in [0.15, 0.2) is 6.20 Å². The first-order chi connectivity index (χ1) is 8.20. The first-order valence-electron chi connectivity index (χ1n) is 5.65. The summed E-state index contributed by atoms with van der Waals surface area (Å²) in [6, 6.07) is 0.111. The van der Waals surface area contributed by atoms with Gasteiger partial charge in [-0.05, 0) is 12.8 Å². The molecule has 1 aromatic rings. The summed E-state index contributed by atoms with van der Waals surface area (Å²) in [7, 11) is 0. The lowest BCUT2D eigenvalue weighted by Crippen LogP contribution is -2.20. The number of nitrogens with zero attached hydrogens (tertiary/aromatic N) is 3. The van der Waals surface area contributed by atoms with E-state index in [1.807, 2.05) is 13.8 Å². The fraction of sp³-hybridized carbons (Fsp3) is 0.700. The van der Waals surface area contributed by atoms with Gasteiger partial charge in [0, 0.05) is 13.2 Å². The summed E-state index contributed by atoms with van der Waals surface area (Å²) in [4.78, 5) is 10.0. The van der Waals surface area contributed by atoms with Crippen LogP contribution in [0.25, 0.3) is 0 Å². The van der Waals surface area contributed by atoms with Crippen molar-refractivity contribution in [1.82, 2.24) is 9.78 Å². The molecule has 96 valence electrons. The number of nitro groups is 1. The molecule has 0 spiro atoms. The van der Waals surface area contributed by atoms with Gasteiger partial charge in [0.1, 0.15) is 6.20 Å². The average molecular weight is 262 g/mol. The largest absolute Gasteiger partial charge is 0.381 e. The maximum atomic E-state index is 10.6. The summed E-state index contributed by atoms with van der Waals surface area (Å²) >= 11 is 5.87. The topological polar surface area (TPSA) is 70.2 Å². The number of ether oxygens (including phenoxy) is 1. The Kier molecular flexibility index (Phi) is 5.37. The molecule has 7 heteroatoms. The highest BCUT2D eigenvalue weighted by molar-refractivity contribution is 6.31. The van der Waals surface area contributed by atoms with Crippen molar-refractivity contribution in [1.29, 1.82) is 0 Å². The monoisotopic (exact) mass is 261 g/mol. The minimum Gasteiger partial charge on any atom is -0.381 e. The Morgan fingerprint density at radius 2 is 2.12 bits per heavy atom. The minimum atomic E-state index is -0.523. The number of halogens is 1. The van der Waals surface area contributed by atoms with Gasteiger partial charge in [0.25, 0.3) is 0 Å². The standard InChI is InChI=1S/C8H10ClN3O3.C2H6/c9-8-7(12(13)14)5-10-11(8)6-1-3-15-4-2-6;1-2/h5-6H,1-4H2;1-2H3. The van der Waals surface area contributed by atoms with E-state index in [9.17, 15) is 10.1 Å². The Labute approximate surface area is 105 Å². The first-order valence-corrected chi connectivity index (χ1v) is 6.03. The zero-order valence-electron chi connectivity index (χ0n) is 9.93. The van der Waals surface area contributed by atoms with Crippen molar-refractivity contribution in [3.8, 4) is 0 Å². The zero-order chi connectivity index (χ0) is 12.8. The molecule has 6 nitrogen and oxygen atoms in total. The number of hydrogen-bond donors (Lipinski definition) is 0. The van der Waals surface area contributed by atoms with Gasteiger partial charge in [0.05, 0.1) is 11.0 Å². The smallest absolute Gasteiger partial charge is 0.325 e. The molecule has 0 unspecified atom stereocenters.